The maximum Gasteiger partial charge on any atom is 0.341 e. The van der Waals surface area contributed by atoms with Gasteiger partial charge >= 0.3 is 5.97 Å². The van der Waals surface area contributed by atoms with Crippen LogP contribution >= 0.6 is 23.6 Å². The van der Waals surface area contributed by atoms with E-state index in [1.54, 1.807) is 30.9 Å². The fraction of sp³-hybridized carbons (Fsp3) is 0.444. The van der Waals surface area contributed by atoms with Crippen molar-refractivity contribution in [3.05, 3.63) is 34.0 Å². The number of carbonyl (C=O) groups excluding carboxylic acids is 2. The Morgan fingerprint density at radius 3 is 2.93 bits per heavy atom. The van der Waals surface area contributed by atoms with Crippen molar-refractivity contribution in [3.8, 4) is 0 Å². The molecule has 9 heteroatoms. The maximum atomic E-state index is 12.5. The summed E-state index contributed by atoms with van der Waals surface area (Å²) in [7, 11) is 1.73. The highest BCUT2D eigenvalue weighted by atomic mass is 32.1. The molecule has 3 rings (SSSR count). The number of carbonyl (C=O) groups is 2. The van der Waals surface area contributed by atoms with E-state index in [1.807, 2.05) is 0 Å². The Morgan fingerprint density at radius 2 is 2.26 bits per heavy atom. The molecule has 1 unspecified atom stereocenters. The number of thiophene rings is 1. The number of esters is 1. The lowest BCUT2D eigenvalue weighted by Crippen LogP contribution is -2.34. The zero-order valence-electron chi connectivity index (χ0n) is 15.5. The van der Waals surface area contributed by atoms with Crippen molar-refractivity contribution in [3.63, 3.8) is 0 Å². The van der Waals surface area contributed by atoms with Gasteiger partial charge in [0.15, 0.2) is 10.8 Å². The smallest absolute Gasteiger partial charge is 0.341 e. The first-order chi connectivity index (χ1) is 12.9. The first kappa shape index (κ1) is 19.5. The van der Waals surface area contributed by atoms with E-state index in [0.29, 0.717) is 23.1 Å². The van der Waals surface area contributed by atoms with Crippen LogP contribution < -0.4 is 10.6 Å². The second-order valence-corrected chi connectivity index (χ2v) is 8.07. The molecule has 0 radical (unpaired) electrons. The number of aromatic nitrogens is 2. The Bertz CT molecular complexity index is 887. The van der Waals surface area contributed by atoms with Gasteiger partial charge in [-0.1, -0.05) is 6.92 Å². The van der Waals surface area contributed by atoms with Crippen LogP contribution in [0.4, 0.5) is 5.00 Å². The van der Waals surface area contributed by atoms with Gasteiger partial charge in [-0.05, 0) is 56.0 Å². The lowest BCUT2D eigenvalue weighted by Gasteiger charge is -2.18. The van der Waals surface area contributed by atoms with Crippen LogP contribution in [0.1, 0.15) is 51.6 Å². The topological polar surface area (TPSA) is 85.3 Å². The molecule has 0 spiro atoms. The van der Waals surface area contributed by atoms with Crippen molar-refractivity contribution in [2.24, 2.45) is 13.0 Å². The van der Waals surface area contributed by atoms with Crippen molar-refractivity contribution in [1.82, 2.24) is 15.1 Å². The molecule has 144 valence electrons. The Kier molecular flexibility index (Phi) is 5.91. The van der Waals surface area contributed by atoms with Gasteiger partial charge in [0.25, 0.3) is 5.91 Å². The summed E-state index contributed by atoms with van der Waals surface area (Å²) in [6.45, 7) is 4.29. The Morgan fingerprint density at radius 1 is 1.48 bits per heavy atom. The molecule has 1 aliphatic rings. The van der Waals surface area contributed by atoms with Crippen molar-refractivity contribution >= 4 is 45.5 Å². The molecule has 7 nitrogen and oxygen atoms in total. The van der Waals surface area contributed by atoms with Gasteiger partial charge in [-0.25, -0.2) is 4.79 Å². The number of fused-ring (bicyclic) bond motifs is 1. The number of nitrogens with one attached hydrogen (secondary N) is 2. The third kappa shape index (κ3) is 4.36. The normalized spacial score (nSPS) is 15.7. The average molecular weight is 407 g/mol. The minimum atomic E-state index is -0.402. The summed E-state index contributed by atoms with van der Waals surface area (Å²) in [5.41, 5.74) is 1.85. The van der Waals surface area contributed by atoms with Gasteiger partial charge in [0, 0.05) is 18.1 Å². The minimum Gasteiger partial charge on any atom is -0.462 e. The van der Waals surface area contributed by atoms with Crippen LogP contribution in [0.15, 0.2) is 12.3 Å². The van der Waals surface area contributed by atoms with Crippen molar-refractivity contribution in [2.75, 3.05) is 11.9 Å². The second kappa shape index (κ2) is 8.18. The molecule has 1 amide bonds. The molecule has 2 heterocycles. The fourth-order valence-corrected chi connectivity index (χ4v) is 4.76. The fourth-order valence-electron chi connectivity index (χ4n) is 3.10. The molecule has 0 saturated heterocycles. The van der Waals surface area contributed by atoms with Gasteiger partial charge in [0.2, 0.25) is 0 Å². The number of amides is 1. The number of rotatable bonds is 4. The molecule has 2 aromatic heterocycles. The van der Waals surface area contributed by atoms with E-state index in [9.17, 15) is 9.59 Å². The summed E-state index contributed by atoms with van der Waals surface area (Å²) in [6.07, 6.45) is 4.49. The molecule has 0 aliphatic heterocycles. The third-order valence-corrected chi connectivity index (χ3v) is 5.77. The number of anilines is 1. The van der Waals surface area contributed by atoms with Gasteiger partial charge in [0.1, 0.15) is 5.00 Å². The molecule has 2 aromatic rings. The summed E-state index contributed by atoms with van der Waals surface area (Å²) in [6, 6.07) is 1.60. The quantitative estimate of drug-likeness (QED) is 0.600. The summed E-state index contributed by atoms with van der Waals surface area (Å²) < 4.78 is 6.78. The van der Waals surface area contributed by atoms with Crippen molar-refractivity contribution in [2.45, 2.75) is 33.1 Å². The average Bonchev–Trinajstić information content (AvgIpc) is 3.17. The number of hydrogen-bond donors (Lipinski definition) is 2. The number of hydrogen-bond acceptors (Lipinski definition) is 6. The van der Waals surface area contributed by atoms with Crippen LogP contribution in [0.25, 0.3) is 0 Å². The maximum absolute atomic E-state index is 12.5. The van der Waals surface area contributed by atoms with E-state index in [1.165, 1.54) is 16.2 Å². The summed E-state index contributed by atoms with van der Waals surface area (Å²) in [4.78, 5) is 25.9. The molecule has 0 aromatic carbocycles. The minimum absolute atomic E-state index is 0.128. The molecule has 1 atom stereocenters. The lowest BCUT2D eigenvalue weighted by atomic mass is 9.88. The molecule has 0 bridgehead atoms. The van der Waals surface area contributed by atoms with E-state index < -0.39 is 5.91 Å². The van der Waals surface area contributed by atoms with Crippen LogP contribution in [0.2, 0.25) is 0 Å². The predicted octanol–water partition coefficient (Wildman–Crippen LogP) is 2.91. The number of aryl methyl sites for hydroxylation is 1. The van der Waals surface area contributed by atoms with Crippen LogP contribution in [-0.2, 0) is 24.6 Å². The van der Waals surface area contributed by atoms with Gasteiger partial charge in [-0.15, -0.1) is 11.3 Å². The third-order valence-electron chi connectivity index (χ3n) is 4.39. The van der Waals surface area contributed by atoms with E-state index in [-0.39, 0.29) is 16.8 Å². The molecule has 1 aliphatic carbocycles. The van der Waals surface area contributed by atoms with Crippen molar-refractivity contribution in [1.29, 1.82) is 0 Å². The Labute approximate surface area is 167 Å². The van der Waals surface area contributed by atoms with Gasteiger partial charge in [-0.2, -0.15) is 5.10 Å². The Balaban J connectivity index is 1.79. The first-order valence-electron chi connectivity index (χ1n) is 8.82. The summed E-state index contributed by atoms with van der Waals surface area (Å²) >= 11 is 6.78. The molecule has 2 N–H and O–H groups in total. The SMILES string of the molecule is CCOC(=O)c1c(NC(=S)NC(=O)c2ccn(C)n2)sc2c1CCC(C)C2. The number of thiocarbonyl (C=S) groups is 1. The van der Waals surface area contributed by atoms with Gasteiger partial charge < -0.3 is 10.1 Å². The highest BCUT2D eigenvalue weighted by molar-refractivity contribution is 7.80. The summed E-state index contributed by atoms with van der Waals surface area (Å²) in [5, 5.41) is 10.4. The van der Waals surface area contributed by atoms with Crippen LogP contribution in [0.3, 0.4) is 0 Å². The van der Waals surface area contributed by atoms with Gasteiger partial charge in [0.05, 0.1) is 12.2 Å². The zero-order chi connectivity index (χ0) is 19.6. The number of ether oxygens (including phenoxy) is 1. The van der Waals surface area contributed by atoms with Gasteiger partial charge in [-0.3, -0.25) is 14.8 Å². The second-order valence-electron chi connectivity index (χ2n) is 6.56. The van der Waals surface area contributed by atoms with E-state index in [4.69, 9.17) is 17.0 Å². The number of nitrogens with zero attached hydrogens (tertiary/aromatic N) is 2. The largest absolute Gasteiger partial charge is 0.462 e. The molecular weight excluding hydrogens is 384 g/mol. The van der Waals surface area contributed by atoms with Crippen LogP contribution in [-0.4, -0.2) is 33.4 Å². The lowest BCUT2D eigenvalue weighted by molar-refractivity contribution is 0.0526. The first-order valence-corrected chi connectivity index (χ1v) is 10.0. The van der Waals surface area contributed by atoms with Crippen LogP contribution in [0.5, 0.6) is 0 Å². The molecular formula is C18H22N4O3S2. The molecule has 0 saturated carbocycles. The monoisotopic (exact) mass is 406 g/mol. The predicted molar refractivity (Wildman–Crippen MR) is 108 cm³/mol. The summed E-state index contributed by atoms with van der Waals surface area (Å²) in [5.74, 6) is -0.179. The highest BCUT2D eigenvalue weighted by Crippen LogP contribution is 2.40. The standard InChI is InChI=1S/C18H22N4O3S2/c1-4-25-17(24)14-11-6-5-10(2)9-13(11)27-16(14)20-18(26)19-15(23)12-7-8-22(3)21-12/h7-8,10H,4-6,9H2,1-3H3,(H2,19,20,23,26). The Hall–Kier alpha value is -2.26. The highest BCUT2D eigenvalue weighted by Gasteiger charge is 2.29. The van der Waals surface area contributed by atoms with E-state index in [2.05, 4.69) is 22.7 Å². The van der Waals surface area contributed by atoms with Crippen LogP contribution in [0, 0.1) is 5.92 Å². The molecule has 27 heavy (non-hydrogen) atoms. The molecule has 0 fully saturated rings. The van der Waals surface area contributed by atoms with E-state index in [0.717, 1.165) is 24.8 Å². The zero-order valence-corrected chi connectivity index (χ0v) is 17.1. The van der Waals surface area contributed by atoms with Crippen molar-refractivity contribution < 1.29 is 14.3 Å². The van der Waals surface area contributed by atoms with E-state index >= 15 is 0 Å².